The van der Waals surface area contributed by atoms with Crippen molar-refractivity contribution in [2.24, 2.45) is 0 Å². The molecular formula is C16H22N4. The number of hydrogen-bond acceptors (Lipinski definition) is 4. The minimum atomic E-state index is 0.771. The van der Waals surface area contributed by atoms with Crippen LogP contribution in [0.25, 0.3) is 0 Å². The highest BCUT2D eigenvalue weighted by Gasteiger charge is 2.08. The predicted octanol–water partition coefficient (Wildman–Crippen LogP) is 2.61. The summed E-state index contributed by atoms with van der Waals surface area (Å²) in [4.78, 5) is 11.1. The van der Waals surface area contributed by atoms with Gasteiger partial charge in [-0.2, -0.15) is 0 Å². The summed E-state index contributed by atoms with van der Waals surface area (Å²) in [6, 6.07) is 10.1. The summed E-state index contributed by atoms with van der Waals surface area (Å²) >= 11 is 0. The molecule has 0 spiro atoms. The number of nitrogens with zero attached hydrogens (tertiary/aromatic N) is 3. The van der Waals surface area contributed by atoms with Gasteiger partial charge in [-0.25, -0.2) is 4.98 Å². The smallest absolute Gasteiger partial charge is 0.132 e. The molecule has 0 aromatic carbocycles. The van der Waals surface area contributed by atoms with E-state index in [1.165, 1.54) is 5.56 Å². The maximum Gasteiger partial charge on any atom is 0.132 e. The summed E-state index contributed by atoms with van der Waals surface area (Å²) < 4.78 is 0. The van der Waals surface area contributed by atoms with E-state index in [9.17, 15) is 0 Å². The monoisotopic (exact) mass is 270 g/mol. The Balaban J connectivity index is 1.99. The molecule has 2 aromatic heterocycles. The molecule has 0 unspecified atom stereocenters. The minimum Gasteiger partial charge on any atom is -0.357 e. The van der Waals surface area contributed by atoms with Gasteiger partial charge in [-0.3, -0.25) is 4.98 Å². The Bertz CT molecular complexity index is 509. The second-order valence-corrected chi connectivity index (χ2v) is 4.58. The Kier molecular flexibility index (Phi) is 5.50. The Labute approximate surface area is 120 Å². The highest BCUT2D eigenvalue weighted by molar-refractivity contribution is 5.46. The van der Waals surface area contributed by atoms with Crippen LogP contribution in [0.1, 0.15) is 25.1 Å². The summed E-state index contributed by atoms with van der Waals surface area (Å²) in [6.45, 7) is 7.83. The van der Waals surface area contributed by atoms with Gasteiger partial charge in [0.2, 0.25) is 0 Å². The molecule has 0 saturated heterocycles. The van der Waals surface area contributed by atoms with Crippen molar-refractivity contribution < 1.29 is 0 Å². The van der Waals surface area contributed by atoms with E-state index in [0.717, 1.165) is 37.7 Å². The predicted molar refractivity (Wildman–Crippen MR) is 82.6 cm³/mol. The molecule has 0 aliphatic rings. The number of nitrogens with one attached hydrogen (secondary N) is 1. The number of rotatable bonds is 7. The van der Waals surface area contributed by atoms with Crippen molar-refractivity contribution in [3.8, 4) is 0 Å². The first kappa shape index (κ1) is 14.5. The van der Waals surface area contributed by atoms with E-state index in [1.807, 2.05) is 36.7 Å². The quantitative estimate of drug-likeness (QED) is 0.839. The van der Waals surface area contributed by atoms with Gasteiger partial charge in [-0.1, -0.05) is 12.1 Å². The van der Waals surface area contributed by atoms with Gasteiger partial charge in [0.15, 0.2) is 0 Å². The van der Waals surface area contributed by atoms with Crippen LogP contribution in [-0.2, 0) is 13.1 Å². The maximum absolute atomic E-state index is 4.52. The van der Waals surface area contributed by atoms with Crippen molar-refractivity contribution in [1.82, 2.24) is 15.3 Å². The van der Waals surface area contributed by atoms with Gasteiger partial charge in [-0.05, 0) is 32.0 Å². The fourth-order valence-corrected chi connectivity index (χ4v) is 2.20. The fourth-order valence-electron chi connectivity index (χ4n) is 2.20. The average Bonchev–Trinajstić information content (AvgIpc) is 2.51. The number of pyridine rings is 2. The number of hydrogen-bond donors (Lipinski definition) is 1. The van der Waals surface area contributed by atoms with Crippen LogP contribution >= 0.6 is 0 Å². The minimum absolute atomic E-state index is 0.771. The highest BCUT2D eigenvalue weighted by Crippen LogP contribution is 2.16. The molecule has 0 radical (unpaired) electrons. The molecule has 0 aliphatic heterocycles. The van der Waals surface area contributed by atoms with Gasteiger partial charge < -0.3 is 10.2 Å². The second kappa shape index (κ2) is 7.60. The summed E-state index contributed by atoms with van der Waals surface area (Å²) in [5.41, 5.74) is 2.29. The molecule has 2 heterocycles. The van der Waals surface area contributed by atoms with Crippen LogP contribution in [-0.4, -0.2) is 23.1 Å². The van der Waals surface area contributed by atoms with Crippen molar-refractivity contribution in [3.63, 3.8) is 0 Å². The van der Waals surface area contributed by atoms with Crippen LogP contribution in [0.15, 0.2) is 42.7 Å². The molecule has 2 rings (SSSR count). The lowest BCUT2D eigenvalue weighted by Crippen LogP contribution is -2.25. The Morgan fingerprint density at radius 1 is 0.950 bits per heavy atom. The molecule has 1 N–H and O–H groups in total. The Hall–Kier alpha value is -1.94. The van der Waals surface area contributed by atoms with Crippen LogP contribution < -0.4 is 10.2 Å². The lowest BCUT2D eigenvalue weighted by Gasteiger charge is -2.22. The molecule has 0 bridgehead atoms. The summed E-state index contributed by atoms with van der Waals surface area (Å²) in [5, 5.41) is 3.43. The standard InChI is InChI=1S/C16H22N4/c1-3-20(4-2)16-14(8-7-11-19-16)12-17-13-15-9-5-6-10-18-15/h5-11,17H,3-4,12-13H2,1-2H3. The van der Waals surface area contributed by atoms with Crippen molar-refractivity contribution in [3.05, 3.63) is 54.0 Å². The van der Waals surface area contributed by atoms with E-state index in [-0.39, 0.29) is 0 Å². The average molecular weight is 270 g/mol. The SMILES string of the molecule is CCN(CC)c1ncccc1CNCc1ccccn1. The molecule has 4 nitrogen and oxygen atoms in total. The zero-order chi connectivity index (χ0) is 14.2. The van der Waals surface area contributed by atoms with Crippen molar-refractivity contribution in [2.45, 2.75) is 26.9 Å². The van der Waals surface area contributed by atoms with Crippen molar-refractivity contribution in [1.29, 1.82) is 0 Å². The third-order valence-electron chi connectivity index (χ3n) is 3.28. The van der Waals surface area contributed by atoms with Crippen LogP contribution in [0.4, 0.5) is 5.82 Å². The van der Waals surface area contributed by atoms with E-state index < -0.39 is 0 Å². The highest BCUT2D eigenvalue weighted by atomic mass is 15.2. The molecule has 20 heavy (non-hydrogen) atoms. The summed E-state index contributed by atoms with van der Waals surface area (Å²) in [6.07, 6.45) is 3.68. The maximum atomic E-state index is 4.52. The molecule has 0 saturated carbocycles. The molecular weight excluding hydrogens is 248 g/mol. The molecule has 0 amide bonds. The van der Waals surface area contributed by atoms with Gasteiger partial charge in [0.1, 0.15) is 5.82 Å². The topological polar surface area (TPSA) is 41.1 Å². The molecule has 4 heteroatoms. The van der Waals surface area contributed by atoms with Gasteiger partial charge >= 0.3 is 0 Å². The van der Waals surface area contributed by atoms with E-state index in [1.54, 1.807) is 0 Å². The van der Waals surface area contributed by atoms with Crippen LogP contribution in [0.3, 0.4) is 0 Å². The lowest BCUT2D eigenvalue weighted by atomic mass is 10.2. The Morgan fingerprint density at radius 3 is 2.45 bits per heavy atom. The largest absolute Gasteiger partial charge is 0.357 e. The lowest BCUT2D eigenvalue weighted by molar-refractivity contribution is 0.674. The first-order chi connectivity index (χ1) is 9.85. The first-order valence-electron chi connectivity index (χ1n) is 7.14. The van der Waals surface area contributed by atoms with E-state index in [2.05, 4.69) is 40.1 Å². The molecule has 0 aliphatic carbocycles. The van der Waals surface area contributed by atoms with Gasteiger partial charge in [0.25, 0.3) is 0 Å². The van der Waals surface area contributed by atoms with Gasteiger partial charge in [0.05, 0.1) is 5.69 Å². The molecule has 0 atom stereocenters. The van der Waals surface area contributed by atoms with Crippen molar-refractivity contribution in [2.75, 3.05) is 18.0 Å². The van der Waals surface area contributed by atoms with E-state index >= 15 is 0 Å². The molecule has 2 aromatic rings. The second-order valence-electron chi connectivity index (χ2n) is 4.58. The van der Waals surface area contributed by atoms with E-state index in [4.69, 9.17) is 0 Å². The summed E-state index contributed by atoms with van der Waals surface area (Å²) in [7, 11) is 0. The zero-order valence-corrected chi connectivity index (χ0v) is 12.2. The third kappa shape index (κ3) is 3.78. The normalized spacial score (nSPS) is 10.5. The fraction of sp³-hybridized carbons (Fsp3) is 0.375. The van der Waals surface area contributed by atoms with Crippen LogP contribution in [0.5, 0.6) is 0 Å². The Morgan fingerprint density at radius 2 is 1.75 bits per heavy atom. The number of anilines is 1. The van der Waals surface area contributed by atoms with E-state index in [0.29, 0.717) is 0 Å². The van der Waals surface area contributed by atoms with Crippen LogP contribution in [0, 0.1) is 0 Å². The molecule has 106 valence electrons. The van der Waals surface area contributed by atoms with Crippen molar-refractivity contribution >= 4 is 5.82 Å². The van der Waals surface area contributed by atoms with Gasteiger partial charge in [0, 0.05) is 44.1 Å². The number of aromatic nitrogens is 2. The first-order valence-corrected chi connectivity index (χ1v) is 7.14. The summed E-state index contributed by atoms with van der Waals surface area (Å²) in [5.74, 6) is 1.08. The zero-order valence-electron chi connectivity index (χ0n) is 12.2. The third-order valence-corrected chi connectivity index (χ3v) is 3.28. The van der Waals surface area contributed by atoms with Crippen LogP contribution in [0.2, 0.25) is 0 Å². The van der Waals surface area contributed by atoms with Gasteiger partial charge in [-0.15, -0.1) is 0 Å². The molecule has 0 fully saturated rings.